The van der Waals surface area contributed by atoms with Crippen LogP contribution in [0.1, 0.15) is 16.1 Å². The van der Waals surface area contributed by atoms with Crippen LogP contribution in [0.4, 0.5) is 0 Å². The van der Waals surface area contributed by atoms with E-state index in [2.05, 4.69) is 10.1 Å². The van der Waals surface area contributed by atoms with E-state index in [-0.39, 0.29) is 5.56 Å². The van der Waals surface area contributed by atoms with Crippen molar-refractivity contribution in [2.45, 2.75) is 6.54 Å². The van der Waals surface area contributed by atoms with Crippen LogP contribution in [0.25, 0.3) is 0 Å². The van der Waals surface area contributed by atoms with Crippen molar-refractivity contribution in [2.75, 3.05) is 0 Å². The molecule has 1 N–H and O–H groups in total. The second-order valence-electron chi connectivity index (χ2n) is 3.23. The molecule has 6 heteroatoms. The van der Waals surface area contributed by atoms with Crippen LogP contribution < -0.4 is 0 Å². The predicted molar refractivity (Wildman–Crippen MR) is 51.5 cm³/mol. The smallest absolute Gasteiger partial charge is 0.338 e. The minimum atomic E-state index is -0.966. The lowest BCUT2D eigenvalue weighted by Gasteiger charge is -2.01. The molecule has 0 atom stereocenters. The highest BCUT2D eigenvalue weighted by molar-refractivity contribution is 5.86. The number of hydrogen-bond donors (Lipinski definition) is 1. The summed E-state index contributed by atoms with van der Waals surface area (Å²) < 4.78 is 3.43. The number of hydrogen-bond acceptors (Lipinski definition) is 3. The molecular weight excluding hydrogens is 196 g/mol. The first-order valence-corrected chi connectivity index (χ1v) is 4.38. The zero-order valence-corrected chi connectivity index (χ0v) is 8.16. The average Bonchev–Trinajstić information content (AvgIpc) is 2.77. The average molecular weight is 206 g/mol. The number of carbonyl (C=O) groups is 1. The van der Waals surface area contributed by atoms with Crippen LogP contribution in [-0.2, 0) is 13.6 Å². The minimum Gasteiger partial charge on any atom is -0.478 e. The molecule has 15 heavy (non-hydrogen) atoms. The molecular formula is C9H10N4O2. The Labute approximate surface area is 85.8 Å². The molecule has 78 valence electrons. The second kappa shape index (κ2) is 3.56. The molecule has 0 aliphatic heterocycles. The van der Waals surface area contributed by atoms with E-state index in [0.717, 1.165) is 5.69 Å². The van der Waals surface area contributed by atoms with Crippen LogP contribution in [0.15, 0.2) is 24.9 Å². The molecule has 6 nitrogen and oxygen atoms in total. The maximum atomic E-state index is 10.6. The number of carboxylic acids is 1. The summed E-state index contributed by atoms with van der Waals surface area (Å²) in [4.78, 5) is 14.6. The Hall–Kier alpha value is -2.11. The van der Waals surface area contributed by atoms with Gasteiger partial charge in [-0.05, 0) is 0 Å². The van der Waals surface area contributed by atoms with Crippen molar-refractivity contribution in [2.24, 2.45) is 7.05 Å². The highest BCUT2D eigenvalue weighted by atomic mass is 16.4. The van der Waals surface area contributed by atoms with Gasteiger partial charge in [-0.25, -0.2) is 9.78 Å². The monoisotopic (exact) mass is 206 g/mol. The Morgan fingerprint density at radius 1 is 1.53 bits per heavy atom. The van der Waals surface area contributed by atoms with E-state index in [0.29, 0.717) is 6.54 Å². The standard InChI is InChI=1S/C9H10N4O2/c1-12-6-10-3-8(12)5-13-4-7(2-11-13)9(14)15/h2-4,6H,5H2,1H3,(H,14,15). The number of aromatic nitrogens is 4. The Morgan fingerprint density at radius 2 is 2.33 bits per heavy atom. The fourth-order valence-corrected chi connectivity index (χ4v) is 1.26. The molecule has 0 fully saturated rings. The molecule has 0 aliphatic rings. The fourth-order valence-electron chi connectivity index (χ4n) is 1.26. The van der Waals surface area contributed by atoms with Gasteiger partial charge >= 0.3 is 5.97 Å². The first kappa shape index (κ1) is 9.45. The van der Waals surface area contributed by atoms with Gasteiger partial charge in [0.05, 0.1) is 36.5 Å². The van der Waals surface area contributed by atoms with Gasteiger partial charge in [0.25, 0.3) is 0 Å². The third-order valence-corrected chi connectivity index (χ3v) is 2.12. The lowest BCUT2D eigenvalue weighted by molar-refractivity contribution is 0.0697. The van der Waals surface area contributed by atoms with Crippen LogP contribution in [-0.4, -0.2) is 30.4 Å². The Balaban J connectivity index is 2.18. The molecule has 0 aromatic carbocycles. The molecule has 0 radical (unpaired) electrons. The maximum absolute atomic E-state index is 10.6. The third kappa shape index (κ3) is 1.88. The molecule has 0 bridgehead atoms. The van der Waals surface area contributed by atoms with Gasteiger partial charge < -0.3 is 9.67 Å². The summed E-state index contributed by atoms with van der Waals surface area (Å²) in [6.45, 7) is 0.518. The van der Waals surface area contributed by atoms with Crippen LogP contribution >= 0.6 is 0 Å². The van der Waals surface area contributed by atoms with E-state index in [9.17, 15) is 4.79 Å². The molecule has 2 aromatic heterocycles. The zero-order valence-electron chi connectivity index (χ0n) is 8.16. The predicted octanol–water partition coefficient (Wildman–Crippen LogP) is 0.363. The summed E-state index contributed by atoms with van der Waals surface area (Å²) in [5, 5.41) is 12.7. The molecule has 0 saturated heterocycles. The van der Waals surface area contributed by atoms with Gasteiger partial charge in [-0.1, -0.05) is 0 Å². The molecule has 0 unspecified atom stereocenters. The Kier molecular flexibility index (Phi) is 2.24. The normalized spacial score (nSPS) is 10.5. The highest BCUT2D eigenvalue weighted by Crippen LogP contribution is 2.02. The van der Waals surface area contributed by atoms with E-state index in [4.69, 9.17) is 5.11 Å². The van der Waals surface area contributed by atoms with Crippen molar-refractivity contribution in [1.29, 1.82) is 0 Å². The maximum Gasteiger partial charge on any atom is 0.338 e. The van der Waals surface area contributed by atoms with E-state index in [1.165, 1.54) is 12.4 Å². The van der Waals surface area contributed by atoms with Crippen molar-refractivity contribution in [3.05, 3.63) is 36.2 Å². The van der Waals surface area contributed by atoms with E-state index in [1.54, 1.807) is 17.2 Å². The molecule has 0 aliphatic carbocycles. The van der Waals surface area contributed by atoms with E-state index in [1.807, 2.05) is 11.6 Å². The van der Waals surface area contributed by atoms with Gasteiger partial charge in [0.1, 0.15) is 0 Å². The number of carboxylic acid groups (broad SMARTS) is 1. The topological polar surface area (TPSA) is 72.9 Å². The molecule has 0 amide bonds. The van der Waals surface area contributed by atoms with E-state index >= 15 is 0 Å². The van der Waals surface area contributed by atoms with Crippen molar-refractivity contribution < 1.29 is 9.90 Å². The number of imidazole rings is 1. The Bertz CT molecular complexity index is 486. The Morgan fingerprint density at radius 3 is 2.87 bits per heavy atom. The quantitative estimate of drug-likeness (QED) is 0.787. The minimum absolute atomic E-state index is 0.192. The summed E-state index contributed by atoms with van der Waals surface area (Å²) >= 11 is 0. The summed E-state index contributed by atoms with van der Waals surface area (Å²) in [5.41, 5.74) is 1.16. The highest BCUT2D eigenvalue weighted by Gasteiger charge is 2.07. The molecule has 0 spiro atoms. The van der Waals surface area contributed by atoms with Crippen molar-refractivity contribution >= 4 is 5.97 Å². The molecule has 2 aromatic rings. The van der Waals surface area contributed by atoms with Crippen molar-refractivity contribution in [3.63, 3.8) is 0 Å². The summed E-state index contributed by atoms with van der Waals surface area (Å²) in [6.07, 6.45) is 6.24. The number of aryl methyl sites for hydroxylation is 1. The van der Waals surface area contributed by atoms with Crippen molar-refractivity contribution in [3.8, 4) is 0 Å². The van der Waals surface area contributed by atoms with Crippen LogP contribution in [0.2, 0.25) is 0 Å². The van der Waals surface area contributed by atoms with Gasteiger partial charge in [-0.2, -0.15) is 5.10 Å². The van der Waals surface area contributed by atoms with Gasteiger partial charge in [0.2, 0.25) is 0 Å². The number of rotatable bonds is 3. The summed E-state index contributed by atoms with van der Waals surface area (Å²) in [6, 6.07) is 0. The first-order valence-electron chi connectivity index (χ1n) is 4.38. The van der Waals surface area contributed by atoms with Gasteiger partial charge in [-0.3, -0.25) is 4.68 Å². The SMILES string of the molecule is Cn1cncc1Cn1cc(C(=O)O)cn1. The third-order valence-electron chi connectivity index (χ3n) is 2.12. The van der Waals surface area contributed by atoms with Gasteiger partial charge in [0.15, 0.2) is 0 Å². The molecule has 2 rings (SSSR count). The lowest BCUT2D eigenvalue weighted by atomic mass is 10.4. The molecule has 0 saturated carbocycles. The van der Waals surface area contributed by atoms with Crippen LogP contribution in [0, 0.1) is 0 Å². The second-order valence-corrected chi connectivity index (χ2v) is 3.23. The molecule has 2 heterocycles. The first-order chi connectivity index (χ1) is 7.16. The fraction of sp³-hybridized carbons (Fsp3) is 0.222. The number of aromatic carboxylic acids is 1. The lowest BCUT2D eigenvalue weighted by Crippen LogP contribution is -2.04. The van der Waals surface area contributed by atoms with E-state index < -0.39 is 5.97 Å². The summed E-state index contributed by atoms with van der Waals surface area (Å²) in [5.74, 6) is -0.966. The number of nitrogens with zero attached hydrogens (tertiary/aromatic N) is 4. The zero-order chi connectivity index (χ0) is 10.8. The van der Waals surface area contributed by atoms with Gasteiger partial charge in [-0.15, -0.1) is 0 Å². The summed E-state index contributed by atoms with van der Waals surface area (Å²) in [7, 11) is 1.88. The van der Waals surface area contributed by atoms with Gasteiger partial charge in [0, 0.05) is 13.2 Å². The largest absolute Gasteiger partial charge is 0.478 e. The van der Waals surface area contributed by atoms with Crippen LogP contribution in [0.3, 0.4) is 0 Å². The van der Waals surface area contributed by atoms with Crippen LogP contribution in [0.5, 0.6) is 0 Å². The van der Waals surface area contributed by atoms with Crippen molar-refractivity contribution in [1.82, 2.24) is 19.3 Å².